The van der Waals surface area contributed by atoms with Gasteiger partial charge in [-0.3, -0.25) is 9.59 Å². The standard InChI is InChI=1S/C20H15NO4S2/c22-17(18-9-4-10-26-18)12-27-14-6-3-5-13(11-14)21-19(23)15-7-1-2-8-16(15)20(24)25/h1-11H,12H2,(H,21,23)(H,24,25). The van der Waals surface area contributed by atoms with Crippen molar-refractivity contribution >= 4 is 46.4 Å². The molecule has 0 unspecified atom stereocenters. The molecule has 27 heavy (non-hydrogen) atoms. The first kappa shape index (κ1) is 18.9. The smallest absolute Gasteiger partial charge is 0.336 e. The average molecular weight is 397 g/mol. The van der Waals surface area contributed by atoms with Crippen molar-refractivity contribution in [1.29, 1.82) is 0 Å². The molecule has 0 aliphatic carbocycles. The van der Waals surface area contributed by atoms with Crippen LogP contribution in [0.1, 0.15) is 30.4 Å². The normalized spacial score (nSPS) is 10.4. The summed E-state index contributed by atoms with van der Waals surface area (Å²) in [7, 11) is 0. The lowest BCUT2D eigenvalue weighted by Gasteiger charge is -2.09. The number of carbonyl (C=O) groups is 3. The summed E-state index contributed by atoms with van der Waals surface area (Å²) in [6, 6.07) is 16.8. The van der Waals surface area contributed by atoms with Crippen molar-refractivity contribution in [2.24, 2.45) is 0 Å². The van der Waals surface area contributed by atoms with E-state index in [2.05, 4.69) is 5.32 Å². The number of hydrogen-bond acceptors (Lipinski definition) is 5. The minimum Gasteiger partial charge on any atom is -0.478 e. The number of carbonyl (C=O) groups excluding carboxylic acids is 2. The average Bonchev–Trinajstić information content (AvgIpc) is 3.21. The largest absolute Gasteiger partial charge is 0.478 e. The predicted molar refractivity (Wildman–Crippen MR) is 107 cm³/mol. The summed E-state index contributed by atoms with van der Waals surface area (Å²) in [5.41, 5.74) is 0.576. The van der Waals surface area contributed by atoms with E-state index in [1.807, 2.05) is 17.5 Å². The van der Waals surface area contributed by atoms with Gasteiger partial charge in [0.2, 0.25) is 0 Å². The molecule has 5 nitrogen and oxygen atoms in total. The van der Waals surface area contributed by atoms with E-state index < -0.39 is 11.9 Å². The summed E-state index contributed by atoms with van der Waals surface area (Å²) in [4.78, 5) is 37.4. The maximum Gasteiger partial charge on any atom is 0.336 e. The molecule has 3 rings (SSSR count). The van der Waals surface area contributed by atoms with Gasteiger partial charge in [0.25, 0.3) is 5.91 Å². The topological polar surface area (TPSA) is 83.5 Å². The van der Waals surface area contributed by atoms with Gasteiger partial charge >= 0.3 is 5.97 Å². The third-order valence-electron chi connectivity index (χ3n) is 3.66. The Morgan fingerprint density at radius 3 is 2.44 bits per heavy atom. The summed E-state index contributed by atoms with van der Waals surface area (Å²) in [6.07, 6.45) is 0. The number of carboxylic acid groups (broad SMARTS) is 1. The first-order valence-electron chi connectivity index (χ1n) is 7.98. The van der Waals surface area contributed by atoms with Gasteiger partial charge in [0.15, 0.2) is 5.78 Å². The van der Waals surface area contributed by atoms with Gasteiger partial charge < -0.3 is 10.4 Å². The van der Waals surface area contributed by atoms with Crippen molar-refractivity contribution in [3.8, 4) is 0 Å². The fraction of sp³-hybridized carbons (Fsp3) is 0.0500. The summed E-state index contributed by atoms with van der Waals surface area (Å²) >= 11 is 2.79. The second kappa shape index (κ2) is 8.66. The van der Waals surface area contributed by atoms with Crippen molar-refractivity contribution in [3.63, 3.8) is 0 Å². The second-order valence-electron chi connectivity index (χ2n) is 5.52. The summed E-state index contributed by atoms with van der Waals surface area (Å²) < 4.78 is 0. The molecule has 2 N–H and O–H groups in total. The number of Topliss-reactive ketones (excluding diaryl/α,β-unsaturated/α-hetero) is 1. The Morgan fingerprint density at radius 2 is 1.74 bits per heavy atom. The minimum atomic E-state index is -1.16. The van der Waals surface area contributed by atoms with Gasteiger partial charge in [0, 0.05) is 10.6 Å². The Bertz CT molecular complexity index is 983. The fourth-order valence-corrected chi connectivity index (χ4v) is 3.98. The van der Waals surface area contributed by atoms with Crippen LogP contribution in [0.5, 0.6) is 0 Å². The number of anilines is 1. The Kier molecular flexibility index (Phi) is 6.05. The highest BCUT2D eigenvalue weighted by Crippen LogP contribution is 2.24. The van der Waals surface area contributed by atoms with Crippen molar-refractivity contribution in [2.45, 2.75) is 4.90 Å². The maximum atomic E-state index is 12.4. The van der Waals surface area contributed by atoms with E-state index in [0.717, 1.165) is 9.77 Å². The second-order valence-corrected chi connectivity index (χ2v) is 7.52. The number of aromatic carboxylic acids is 1. The van der Waals surface area contributed by atoms with Crippen LogP contribution in [0.25, 0.3) is 0 Å². The number of rotatable bonds is 7. The molecule has 0 aliphatic rings. The number of thioether (sulfide) groups is 1. The van der Waals surface area contributed by atoms with Crippen molar-refractivity contribution in [3.05, 3.63) is 82.0 Å². The summed E-state index contributed by atoms with van der Waals surface area (Å²) in [5, 5.41) is 13.8. The van der Waals surface area contributed by atoms with Gasteiger partial charge in [0.05, 0.1) is 21.8 Å². The van der Waals surface area contributed by atoms with Crippen molar-refractivity contribution in [2.75, 3.05) is 11.1 Å². The lowest BCUT2D eigenvalue weighted by Crippen LogP contribution is -2.16. The Morgan fingerprint density at radius 1 is 0.963 bits per heavy atom. The molecule has 0 aliphatic heterocycles. The monoisotopic (exact) mass is 397 g/mol. The van der Waals surface area contributed by atoms with Gasteiger partial charge in [-0.25, -0.2) is 4.79 Å². The third kappa shape index (κ3) is 4.84. The van der Waals surface area contributed by atoms with Gasteiger partial charge in [-0.1, -0.05) is 24.3 Å². The molecule has 0 saturated carbocycles. The summed E-state index contributed by atoms with van der Waals surface area (Å²) in [5.74, 6) is -1.29. The number of nitrogens with one attached hydrogen (secondary N) is 1. The van der Waals surface area contributed by atoms with E-state index in [-0.39, 0.29) is 16.9 Å². The SMILES string of the molecule is O=C(CSc1cccc(NC(=O)c2ccccc2C(=O)O)c1)c1cccs1. The number of carboxylic acids is 1. The van der Waals surface area contributed by atoms with Crippen LogP contribution in [0, 0.1) is 0 Å². The van der Waals surface area contributed by atoms with E-state index in [1.54, 1.807) is 36.4 Å². The van der Waals surface area contributed by atoms with Crippen LogP contribution >= 0.6 is 23.1 Å². The highest BCUT2D eigenvalue weighted by Gasteiger charge is 2.16. The quantitative estimate of drug-likeness (QED) is 0.447. The van der Waals surface area contributed by atoms with Crippen LogP contribution in [0.3, 0.4) is 0 Å². The van der Waals surface area contributed by atoms with Crippen molar-refractivity contribution < 1.29 is 19.5 Å². The summed E-state index contributed by atoms with van der Waals surface area (Å²) in [6.45, 7) is 0. The molecule has 1 heterocycles. The van der Waals surface area contributed by atoms with E-state index in [9.17, 15) is 19.5 Å². The zero-order chi connectivity index (χ0) is 19.2. The van der Waals surface area contributed by atoms with Crippen LogP contribution in [0.2, 0.25) is 0 Å². The van der Waals surface area contributed by atoms with Crippen LogP contribution in [-0.4, -0.2) is 28.5 Å². The molecule has 3 aromatic rings. The van der Waals surface area contributed by atoms with E-state index in [0.29, 0.717) is 11.4 Å². The molecule has 136 valence electrons. The zero-order valence-electron chi connectivity index (χ0n) is 14.0. The molecular weight excluding hydrogens is 382 g/mol. The van der Waals surface area contributed by atoms with Crippen molar-refractivity contribution in [1.82, 2.24) is 0 Å². The Hall–Kier alpha value is -2.90. The third-order valence-corrected chi connectivity index (χ3v) is 5.56. The highest BCUT2D eigenvalue weighted by molar-refractivity contribution is 8.00. The number of hydrogen-bond donors (Lipinski definition) is 2. The van der Waals surface area contributed by atoms with E-state index in [4.69, 9.17) is 0 Å². The van der Waals surface area contributed by atoms with Gasteiger partial charge in [-0.2, -0.15) is 0 Å². The van der Waals surface area contributed by atoms with Gasteiger partial charge in [-0.15, -0.1) is 23.1 Å². The van der Waals surface area contributed by atoms with E-state index >= 15 is 0 Å². The molecule has 0 radical (unpaired) electrons. The minimum absolute atomic E-state index is 0.0536. The molecule has 2 aromatic carbocycles. The molecule has 0 saturated heterocycles. The molecule has 1 amide bonds. The first-order chi connectivity index (χ1) is 13.0. The molecule has 0 spiro atoms. The lowest BCUT2D eigenvalue weighted by molar-refractivity contribution is 0.0692. The fourth-order valence-electron chi connectivity index (χ4n) is 2.39. The molecule has 0 atom stereocenters. The first-order valence-corrected chi connectivity index (χ1v) is 9.84. The molecule has 7 heteroatoms. The molecular formula is C20H15NO4S2. The lowest BCUT2D eigenvalue weighted by atomic mass is 10.1. The number of benzene rings is 2. The Balaban J connectivity index is 1.68. The molecule has 0 fully saturated rings. The van der Waals surface area contributed by atoms with Crippen LogP contribution < -0.4 is 5.32 Å². The maximum absolute atomic E-state index is 12.4. The molecule has 1 aromatic heterocycles. The van der Waals surface area contributed by atoms with Crippen LogP contribution in [0.4, 0.5) is 5.69 Å². The van der Waals surface area contributed by atoms with Crippen LogP contribution in [0.15, 0.2) is 70.9 Å². The number of thiophene rings is 1. The number of amides is 1. The van der Waals surface area contributed by atoms with Gasteiger partial charge in [0.1, 0.15) is 0 Å². The highest BCUT2D eigenvalue weighted by atomic mass is 32.2. The van der Waals surface area contributed by atoms with Crippen LogP contribution in [-0.2, 0) is 0 Å². The zero-order valence-corrected chi connectivity index (χ0v) is 15.7. The number of ketones is 1. The van der Waals surface area contributed by atoms with Gasteiger partial charge in [-0.05, 0) is 41.8 Å². The van der Waals surface area contributed by atoms with E-state index in [1.165, 1.54) is 35.2 Å². The predicted octanol–water partition coefficient (Wildman–Crippen LogP) is 4.67. The molecule has 0 bridgehead atoms. The Labute approximate surface area is 164 Å².